The van der Waals surface area contributed by atoms with E-state index in [0.29, 0.717) is 28.6 Å². The number of nitrogens with zero attached hydrogens (tertiary/aromatic N) is 2. The van der Waals surface area contributed by atoms with Crippen LogP contribution in [0.1, 0.15) is 20.3 Å². The van der Waals surface area contributed by atoms with Gasteiger partial charge in [-0.05, 0) is 13.3 Å². The normalized spacial score (nSPS) is 17.9. The van der Waals surface area contributed by atoms with Gasteiger partial charge in [0.15, 0.2) is 0 Å². The van der Waals surface area contributed by atoms with E-state index in [1.54, 1.807) is 6.92 Å². The maximum absolute atomic E-state index is 12.2. The molecule has 0 bridgehead atoms. The lowest BCUT2D eigenvalue weighted by Crippen LogP contribution is -2.50. The Balaban J connectivity index is 2.22. The summed E-state index contributed by atoms with van der Waals surface area (Å²) in [7, 11) is 0. The molecule has 9 nitrogen and oxygen atoms in total. The van der Waals surface area contributed by atoms with Crippen LogP contribution in [0.3, 0.4) is 0 Å². The minimum absolute atomic E-state index is 0.211. The molecule has 0 radical (unpaired) electrons. The molecule has 1 unspecified atom stereocenters. The van der Waals surface area contributed by atoms with E-state index in [0.717, 1.165) is 0 Å². The monoisotopic (exact) mass is 326 g/mol. The first kappa shape index (κ1) is 16.1. The molecule has 0 spiro atoms. The van der Waals surface area contributed by atoms with E-state index >= 15 is 0 Å². The van der Waals surface area contributed by atoms with E-state index < -0.39 is 5.97 Å². The minimum atomic E-state index is -0.438. The van der Waals surface area contributed by atoms with Gasteiger partial charge in [-0.25, -0.2) is 14.7 Å². The van der Waals surface area contributed by atoms with Crippen molar-refractivity contribution in [3.05, 3.63) is 11.3 Å². The molecule has 0 aliphatic carbocycles. The Hall–Kier alpha value is -2.23. The number of aromatic amines is 1. The van der Waals surface area contributed by atoms with E-state index in [4.69, 9.17) is 10.5 Å². The van der Waals surface area contributed by atoms with Crippen LogP contribution in [0, 0.1) is 0 Å². The Morgan fingerprint density at radius 3 is 2.82 bits per heavy atom. The fourth-order valence-electron chi connectivity index (χ4n) is 2.03. The molecular formula is C12H18N6O3S. The predicted octanol–water partition coefficient (Wildman–Crippen LogP) is 0.388. The molecule has 1 aromatic heterocycles. The number of H-pyrrole nitrogens is 1. The van der Waals surface area contributed by atoms with Gasteiger partial charge >= 0.3 is 12.0 Å². The highest BCUT2D eigenvalue weighted by atomic mass is 32.2. The summed E-state index contributed by atoms with van der Waals surface area (Å²) in [4.78, 5) is 27.8. The van der Waals surface area contributed by atoms with Gasteiger partial charge in [-0.2, -0.15) is 4.98 Å². The van der Waals surface area contributed by atoms with Gasteiger partial charge < -0.3 is 21.1 Å². The number of anilines is 1. The summed E-state index contributed by atoms with van der Waals surface area (Å²) in [6, 6.07) is -0.717. The van der Waals surface area contributed by atoms with E-state index in [1.807, 2.05) is 6.92 Å². The number of aromatic nitrogens is 3. The van der Waals surface area contributed by atoms with Crippen LogP contribution >= 0.6 is 11.8 Å². The van der Waals surface area contributed by atoms with Gasteiger partial charge in [0.2, 0.25) is 11.1 Å². The average Bonchev–Trinajstić information content (AvgIpc) is 2.90. The molecule has 2 amide bonds. The highest BCUT2D eigenvalue weighted by molar-refractivity contribution is 7.99. The fourth-order valence-corrected chi connectivity index (χ4v) is 2.81. The fraction of sp³-hybridized carbons (Fsp3) is 0.500. The quantitative estimate of drug-likeness (QED) is 0.438. The lowest BCUT2D eigenvalue weighted by atomic mass is 10.0. The predicted molar refractivity (Wildman–Crippen MR) is 80.9 cm³/mol. The molecule has 0 saturated heterocycles. The van der Waals surface area contributed by atoms with Crippen molar-refractivity contribution >= 4 is 29.7 Å². The molecule has 1 aliphatic rings. The number of ether oxygens (including phenoxy) is 1. The van der Waals surface area contributed by atoms with Crippen molar-refractivity contribution in [1.29, 1.82) is 0 Å². The summed E-state index contributed by atoms with van der Waals surface area (Å²) in [6.07, 6.45) is 0.587. The maximum atomic E-state index is 12.2. The van der Waals surface area contributed by atoms with Crippen LogP contribution in [0.25, 0.3) is 0 Å². The summed E-state index contributed by atoms with van der Waals surface area (Å²) >= 11 is 1.26. The number of carbonyl (C=O) groups is 2. The molecule has 5 N–H and O–H groups in total. The average molecular weight is 326 g/mol. The summed E-state index contributed by atoms with van der Waals surface area (Å²) in [6.45, 7) is 3.89. The number of esters is 1. The minimum Gasteiger partial charge on any atom is -0.463 e. The summed E-state index contributed by atoms with van der Waals surface area (Å²) < 4.78 is 5.08. The van der Waals surface area contributed by atoms with Crippen molar-refractivity contribution in [2.24, 2.45) is 0 Å². The maximum Gasteiger partial charge on any atom is 0.337 e. The first-order chi connectivity index (χ1) is 10.5. The molecule has 10 heteroatoms. The lowest BCUT2D eigenvalue weighted by molar-refractivity contribution is -0.139. The van der Waals surface area contributed by atoms with E-state index in [-0.39, 0.29) is 24.6 Å². The van der Waals surface area contributed by atoms with Crippen molar-refractivity contribution in [3.63, 3.8) is 0 Å². The molecule has 0 fully saturated rings. The van der Waals surface area contributed by atoms with Crippen molar-refractivity contribution in [3.8, 4) is 0 Å². The van der Waals surface area contributed by atoms with Crippen LogP contribution in [0.15, 0.2) is 16.4 Å². The summed E-state index contributed by atoms with van der Waals surface area (Å²) in [5, 5.41) is 12.2. The number of hydrogen-bond acceptors (Lipinski definition) is 7. The molecule has 0 saturated carbocycles. The zero-order valence-corrected chi connectivity index (χ0v) is 13.1. The van der Waals surface area contributed by atoms with Gasteiger partial charge in [0.1, 0.15) is 0 Å². The zero-order valence-electron chi connectivity index (χ0n) is 12.3. The van der Waals surface area contributed by atoms with Crippen LogP contribution in [-0.2, 0) is 9.53 Å². The molecule has 0 aromatic carbocycles. The van der Waals surface area contributed by atoms with Crippen molar-refractivity contribution < 1.29 is 14.3 Å². The van der Waals surface area contributed by atoms with Gasteiger partial charge in [-0.1, -0.05) is 18.7 Å². The number of amides is 2. The van der Waals surface area contributed by atoms with Crippen LogP contribution in [0.4, 0.5) is 10.7 Å². The number of nitrogens with one attached hydrogen (secondary N) is 3. The molecule has 120 valence electrons. The number of carbonyl (C=O) groups excluding carboxylic acids is 2. The second-order valence-electron chi connectivity index (χ2n) is 4.46. The van der Waals surface area contributed by atoms with E-state index in [9.17, 15) is 9.59 Å². The zero-order chi connectivity index (χ0) is 16.1. The van der Waals surface area contributed by atoms with Crippen molar-refractivity contribution in [2.45, 2.75) is 31.5 Å². The Morgan fingerprint density at radius 1 is 1.45 bits per heavy atom. The van der Waals surface area contributed by atoms with Crippen LogP contribution < -0.4 is 16.4 Å². The smallest absolute Gasteiger partial charge is 0.337 e. The van der Waals surface area contributed by atoms with Crippen LogP contribution in [0.5, 0.6) is 0 Å². The molecule has 1 aromatic rings. The Kier molecular flexibility index (Phi) is 5.26. The van der Waals surface area contributed by atoms with Gasteiger partial charge in [0.25, 0.3) is 0 Å². The highest BCUT2D eigenvalue weighted by Gasteiger charge is 2.31. The summed E-state index contributed by atoms with van der Waals surface area (Å²) in [5.74, 6) is 0.102. The molecule has 1 aliphatic heterocycles. The third-order valence-electron chi connectivity index (χ3n) is 2.97. The Bertz CT molecular complexity index is 599. The van der Waals surface area contributed by atoms with Gasteiger partial charge in [0, 0.05) is 11.4 Å². The number of thioether (sulfide) groups is 1. The van der Waals surface area contributed by atoms with Gasteiger partial charge in [0.05, 0.1) is 18.2 Å². The Labute approximate surface area is 131 Å². The topological polar surface area (TPSA) is 135 Å². The molecular weight excluding hydrogens is 308 g/mol. The number of rotatable bonds is 6. The third kappa shape index (κ3) is 3.70. The standard InChI is InChI=1S/C12H18N6O3S/c1-3-6-8(9(19)21-4-2)7(15-11(20)14-6)5-22-12-16-10(13)17-18-12/h6H,3-5H2,1-2H3,(H2,14,15,20)(H3,13,16,17,18). The molecule has 2 heterocycles. The first-order valence-electron chi connectivity index (χ1n) is 6.83. The highest BCUT2D eigenvalue weighted by Crippen LogP contribution is 2.22. The largest absolute Gasteiger partial charge is 0.463 e. The SMILES string of the molecule is CCOC(=O)C1=C(CSc2n[nH]c(N)n2)NC(=O)NC1CC. The van der Waals surface area contributed by atoms with Gasteiger partial charge in [-0.15, -0.1) is 5.10 Å². The summed E-state index contributed by atoms with van der Waals surface area (Å²) in [5.41, 5.74) is 6.39. The van der Waals surface area contributed by atoms with E-state index in [2.05, 4.69) is 25.8 Å². The van der Waals surface area contributed by atoms with Crippen LogP contribution in [0.2, 0.25) is 0 Å². The molecule has 2 rings (SSSR count). The van der Waals surface area contributed by atoms with Gasteiger partial charge in [-0.3, -0.25) is 0 Å². The first-order valence-corrected chi connectivity index (χ1v) is 7.82. The van der Waals surface area contributed by atoms with Crippen molar-refractivity contribution in [2.75, 3.05) is 18.1 Å². The Morgan fingerprint density at radius 2 is 2.23 bits per heavy atom. The number of hydrogen-bond donors (Lipinski definition) is 4. The third-order valence-corrected chi connectivity index (χ3v) is 3.85. The molecule has 1 atom stereocenters. The molecule has 22 heavy (non-hydrogen) atoms. The van der Waals surface area contributed by atoms with Crippen molar-refractivity contribution in [1.82, 2.24) is 25.8 Å². The second-order valence-corrected chi connectivity index (χ2v) is 5.41. The number of nitrogen functional groups attached to an aromatic ring is 1. The van der Waals surface area contributed by atoms with Crippen LogP contribution in [-0.4, -0.2) is 45.6 Å². The number of urea groups is 1. The lowest BCUT2D eigenvalue weighted by Gasteiger charge is -2.28. The van der Waals surface area contributed by atoms with E-state index in [1.165, 1.54) is 11.8 Å². The second kappa shape index (κ2) is 7.16. The number of nitrogens with two attached hydrogens (primary N) is 1.